The number of rotatable bonds is 4. The van der Waals surface area contributed by atoms with Crippen LogP contribution in [0, 0.1) is 11.3 Å². The summed E-state index contributed by atoms with van der Waals surface area (Å²) in [6.45, 7) is 7.85. The van der Waals surface area contributed by atoms with Crippen LogP contribution in [0.25, 0.3) is 0 Å². The van der Waals surface area contributed by atoms with Crippen molar-refractivity contribution in [2.75, 3.05) is 19.6 Å². The minimum Gasteiger partial charge on any atom is -0.299 e. The third kappa shape index (κ3) is 3.60. The zero-order valence-corrected chi connectivity index (χ0v) is 14.8. The van der Waals surface area contributed by atoms with Crippen LogP contribution in [-0.2, 0) is 16.8 Å². The Morgan fingerprint density at radius 2 is 1.78 bits per heavy atom. The van der Waals surface area contributed by atoms with E-state index in [0.717, 1.165) is 32.5 Å². The van der Waals surface area contributed by atoms with Gasteiger partial charge in [-0.15, -0.1) is 0 Å². The van der Waals surface area contributed by atoms with Crippen LogP contribution in [0.5, 0.6) is 0 Å². The number of nitrogens with zero attached hydrogens (tertiary/aromatic N) is 2. The average Bonchev–Trinajstić information content (AvgIpc) is 2.47. The highest BCUT2D eigenvalue weighted by molar-refractivity contribution is 7.86. The Labute approximate surface area is 139 Å². The van der Waals surface area contributed by atoms with Crippen molar-refractivity contribution >= 4 is 10.2 Å². The first kappa shape index (κ1) is 16.9. The van der Waals surface area contributed by atoms with Gasteiger partial charge in [-0.1, -0.05) is 44.2 Å². The monoisotopic (exact) mass is 337 g/mol. The number of nitrogens with two attached hydrogens (primary N) is 1. The Balaban J connectivity index is 1.60. The predicted octanol–water partition coefficient (Wildman–Crippen LogP) is 1.81. The fraction of sp³-hybridized carbons (Fsp3) is 0.647. The molecule has 2 fully saturated rings. The van der Waals surface area contributed by atoms with E-state index in [1.807, 2.05) is 6.07 Å². The van der Waals surface area contributed by atoms with Crippen molar-refractivity contribution < 1.29 is 8.42 Å². The SMILES string of the molecule is CC1(C)CN(S(N)(=O)=O)C1C1CCN(Cc2ccccc2)CC1. The molecule has 2 heterocycles. The summed E-state index contributed by atoms with van der Waals surface area (Å²) in [7, 11) is -3.58. The van der Waals surface area contributed by atoms with E-state index in [1.165, 1.54) is 9.87 Å². The molecule has 2 saturated heterocycles. The number of piperidine rings is 1. The van der Waals surface area contributed by atoms with Crippen molar-refractivity contribution in [3.05, 3.63) is 35.9 Å². The maximum atomic E-state index is 11.8. The summed E-state index contributed by atoms with van der Waals surface area (Å²) in [5.41, 5.74) is 1.36. The molecule has 5 nitrogen and oxygen atoms in total. The number of likely N-dealkylation sites (tertiary alicyclic amines) is 1. The molecule has 2 aliphatic rings. The van der Waals surface area contributed by atoms with Gasteiger partial charge in [0.1, 0.15) is 0 Å². The van der Waals surface area contributed by atoms with Crippen LogP contribution in [0.1, 0.15) is 32.3 Å². The summed E-state index contributed by atoms with van der Waals surface area (Å²) < 4.78 is 25.0. The molecule has 2 N–H and O–H groups in total. The second-order valence-corrected chi connectivity index (χ2v) is 9.12. The van der Waals surface area contributed by atoms with E-state index in [9.17, 15) is 8.42 Å². The van der Waals surface area contributed by atoms with Crippen LogP contribution in [0.15, 0.2) is 30.3 Å². The van der Waals surface area contributed by atoms with Crippen molar-refractivity contribution in [1.82, 2.24) is 9.21 Å². The summed E-state index contributed by atoms with van der Waals surface area (Å²) in [6.07, 6.45) is 2.07. The first-order valence-corrected chi connectivity index (χ1v) is 9.83. The highest BCUT2D eigenvalue weighted by Gasteiger charge is 2.53. The van der Waals surface area contributed by atoms with Crippen LogP contribution in [0.4, 0.5) is 0 Å². The Bertz CT molecular complexity index is 637. The lowest BCUT2D eigenvalue weighted by Gasteiger charge is -2.56. The summed E-state index contributed by atoms with van der Waals surface area (Å²) in [4.78, 5) is 2.46. The molecule has 128 valence electrons. The number of hydrogen-bond donors (Lipinski definition) is 1. The van der Waals surface area contributed by atoms with E-state index in [0.29, 0.717) is 12.5 Å². The topological polar surface area (TPSA) is 66.6 Å². The van der Waals surface area contributed by atoms with Gasteiger partial charge in [-0.2, -0.15) is 12.7 Å². The van der Waals surface area contributed by atoms with Gasteiger partial charge in [0, 0.05) is 19.1 Å². The molecular formula is C17H27N3O2S. The van der Waals surface area contributed by atoms with Crippen molar-refractivity contribution in [1.29, 1.82) is 0 Å². The Hall–Kier alpha value is -0.950. The lowest BCUT2D eigenvalue weighted by Crippen LogP contribution is -2.68. The standard InChI is InChI=1S/C17H27N3O2S/c1-17(2)13-20(23(18,21)22)16(17)15-8-10-19(11-9-15)12-14-6-4-3-5-7-14/h3-7,15-16H,8-13H2,1-2H3,(H2,18,21,22). The van der Waals surface area contributed by atoms with E-state index in [2.05, 4.69) is 43.0 Å². The van der Waals surface area contributed by atoms with Gasteiger partial charge in [0.15, 0.2) is 0 Å². The van der Waals surface area contributed by atoms with Gasteiger partial charge in [-0.25, -0.2) is 5.14 Å². The third-order valence-corrected chi connectivity index (χ3v) is 6.34. The molecule has 0 saturated carbocycles. The van der Waals surface area contributed by atoms with Gasteiger partial charge in [0.05, 0.1) is 0 Å². The molecule has 1 aromatic carbocycles. The highest BCUT2D eigenvalue weighted by Crippen LogP contribution is 2.45. The Morgan fingerprint density at radius 1 is 1.17 bits per heavy atom. The lowest BCUT2D eigenvalue weighted by molar-refractivity contribution is -0.0380. The number of benzene rings is 1. The molecule has 1 atom stereocenters. The molecule has 2 aliphatic heterocycles. The normalized spacial score (nSPS) is 26.8. The minimum atomic E-state index is -3.58. The molecule has 0 radical (unpaired) electrons. The van der Waals surface area contributed by atoms with Crippen LogP contribution < -0.4 is 5.14 Å². The molecule has 6 heteroatoms. The maximum Gasteiger partial charge on any atom is 0.277 e. The molecule has 23 heavy (non-hydrogen) atoms. The average molecular weight is 337 g/mol. The molecule has 0 aromatic heterocycles. The van der Waals surface area contributed by atoms with Gasteiger partial charge >= 0.3 is 0 Å². The quantitative estimate of drug-likeness (QED) is 0.911. The van der Waals surface area contributed by atoms with Crippen molar-refractivity contribution in [3.8, 4) is 0 Å². The van der Waals surface area contributed by atoms with Crippen LogP contribution >= 0.6 is 0 Å². The van der Waals surface area contributed by atoms with Crippen molar-refractivity contribution in [3.63, 3.8) is 0 Å². The number of hydrogen-bond acceptors (Lipinski definition) is 3. The van der Waals surface area contributed by atoms with E-state index >= 15 is 0 Å². The summed E-state index contributed by atoms with van der Waals surface area (Å²) >= 11 is 0. The largest absolute Gasteiger partial charge is 0.299 e. The second kappa shape index (κ2) is 6.16. The summed E-state index contributed by atoms with van der Waals surface area (Å²) in [5, 5.41) is 5.38. The predicted molar refractivity (Wildman–Crippen MR) is 91.8 cm³/mol. The third-order valence-electron chi connectivity index (χ3n) is 5.33. The zero-order chi connectivity index (χ0) is 16.7. The summed E-state index contributed by atoms with van der Waals surface area (Å²) in [6, 6.07) is 10.5. The zero-order valence-electron chi connectivity index (χ0n) is 14.0. The second-order valence-electron chi connectivity index (χ2n) is 7.62. The van der Waals surface area contributed by atoms with Crippen molar-refractivity contribution in [2.45, 2.75) is 39.3 Å². The fourth-order valence-electron chi connectivity index (χ4n) is 4.26. The minimum absolute atomic E-state index is 0.0265. The summed E-state index contributed by atoms with van der Waals surface area (Å²) in [5.74, 6) is 0.407. The first-order valence-electron chi connectivity index (χ1n) is 8.33. The molecular weight excluding hydrogens is 310 g/mol. The molecule has 0 aliphatic carbocycles. The molecule has 1 unspecified atom stereocenters. The molecule has 0 amide bonds. The smallest absolute Gasteiger partial charge is 0.277 e. The molecule has 3 rings (SSSR count). The van der Waals surface area contributed by atoms with Crippen LogP contribution in [0.3, 0.4) is 0 Å². The van der Waals surface area contributed by atoms with E-state index < -0.39 is 10.2 Å². The fourth-order valence-corrected chi connectivity index (χ4v) is 5.55. The Morgan fingerprint density at radius 3 is 2.30 bits per heavy atom. The van der Waals surface area contributed by atoms with Gasteiger partial charge in [0.2, 0.25) is 0 Å². The van der Waals surface area contributed by atoms with Gasteiger partial charge in [-0.05, 0) is 42.8 Å². The molecule has 0 spiro atoms. The van der Waals surface area contributed by atoms with Crippen molar-refractivity contribution in [2.24, 2.45) is 16.5 Å². The molecule has 0 bridgehead atoms. The highest BCUT2D eigenvalue weighted by atomic mass is 32.2. The van der Waals surface area contributed by atoms with E-state index in [1.54, 1.807) is 0 Å². The van der Waals surface area contributed by atoms with Gasteiger partial charge in [-0.3, -0.25) is 4.90 Å². The molecule has 1 aromatic rings. The van der Waals surface area contributed by atoms with Gasteiger partial charge in [0.25, 0.3) is 10.2 Å². The lowest BCUT2D eigenvalue weighted by atomic mass is 9.68. The first-order chi connectivity index (χ1) is 10.8. The van der Waals surface area contributed by atoms with E-state index in [4.69, 9.17) is 5.14 Å². The maximum absolute atomic E-state index is 11.8. The van der Waals surface area contributed by atoms with Crippen LogP contribution in [-0.4, -0.2) is 43.3 Å². The van der Waals surface area contributed by atoms with Crippen LogP contribution in [0.2, 0.25) is 0 Å². The Kier molecular flexibility index (Phi) is 4.53. The van der Waals surface area contributed by atoms with E-state index in [-0.39, 0.29) is 11.5 Å². The van der Waals surface area contributed by atoms with Gasteiger partial charge < -0.3 is 0 Å².